The number of nitrogens with one attached hydrogen (secondary N) is 1. The first-order valence-electron chi connectivity index (χ1n) is 14.4. The molecule has 1 N–H and O–H groups in total. The van der Waals surface area contributed by atoms with Crippen LogP contribution in [0, 0.1) is 13.8 Å². The van der Waals surface area contributed by atoms with Crippen LogP contribution in [0.1, 0.15) is 87.8 Å². The highest BCUT2D eigenvalue weighted by Gasteiger charge is 2.47. The summed E-state index contributed by atoms with van der Waals surface area (Å²) in [6.07, 6.45) is 0.749. The molecule has 0 radical (unpaired) electrons. The summed E-state index contributed by atoms with van der Waals surface area (Å²) in [4.78, 5) is 30.8. The van der Waals surface area contributed by atoms with E-state index in [4.69, 9.17) is 0 Å². The number of hydrogen-bond donors (Lipinski definition) is 1. The molecule has 2 aliphatic rings. The lowest BCUT2D eigenvalue weighted by atomic mass is 9.89. The number of unbranched alkanes of at least 4 members (excludes halogenated alkanes) is 5. The van der Waals surface area contributed by atoms with Crippen molar-refractivity contribution in [2.24, 2.45) is 4.99 Å². The summed E-state index contributed by atoms with van der Waals surface area (Å²) < 4.78 is 64.5. The van der Waals surface area contributed by atoms with Crippen LogP contribution in [-0.4, -0.2) is 68.0 Å². The lowest BCUT2D eigenvalue weighted by Gasteiger charge is -2.34. The molecule has 2 aliphatic heterocycles. The largest absolute Gasteiger partial charge is 0.389 e. The number of sulfonamides is 1. The molecule has 2 heterocycles. The van der Waals surface area contributed by atoms with Crippen molar-refractivity contribution in [2.75, 3.05) is 30.8 Å². The van der Waals surface area contributed by atoms with Gasteiger partial charge in [0.05, 0.1) is 5.75 Å². The van der Waals surface area contributed by atoms with Gasteiger partial charge in [-0.3, -0.25) is 14.6 Å². The van der Waals surface area contributed by atoms with Crippen molar-refractivity contribution in [3.63, 3.8) is 0 Å². The third kappa shape index (κ3) is 9.01. The Hall–Kier alpha value is -2.47. The fourth-order valence-corrected chi connectivity index (χ4v) is 7.06. The van der Waals surface area contributed by atoms with E-state index in [1.165, 1.54) is 11.2 Å². The highest BCUT2D eigenvalue weighted by molar-refractivity contribution is 7.89. The number of nitrogens with zero attached hydrogens (tertiary/aromatic N) is 3. The number of rotatable bonds is 13. The number of amides is 2. The van der Waals surface area contributed by atoms with Gasteiger partial charge in [0.1, 0.15) is 11.4 Å². The highest BCUT2D eigenvalue weighted by Crippen LogP contribution is 2.32. The van der Waals surface area contributed by atoms with Crippen LogP contribution < -0.4 is 10.2 Å². The van der Waals surface area contributed by atoms with Crippen molar-refractivity contribution < 1.29 is 31.2 Å². The van der Waals surface area contributed by atoms with E-state index in [9.17, 15) is 31.2 Å². The molecule has 0 bridgehead atoms. The number of amidine groups is 1. The van der Waals surface area contributed by atoms with Gasteiger partial charge in [-0.05, 0) is 74.8 Å². The molecule has 1 aromatic carbocycles. The van der Waals surface area contributed by atoms with E-state index >= 15 is 0 Å². The second-order valence-electron chi connectivity index (χ2n) is 11.4. The maximum atomic E-state index is 13.2. The average molecular weight is 601 g/mol. The Kier molecular flexibility index (Phi) is 11.0. The van der Waals surface area contributed by atoms with Gasteiger partial charge in [-0.15, -0.1) is 0 Å². The number of anilines is 1. The number of carbonyl (C=O) groups excluding carboxylic acids is 2. The lowest BCUT2D eigenvalue weighted by molar-refractivity contribution is -0.135. The molecule has 3 rings (SSSR count). The van der Waals surface area contributed by atoms with Crippen LogP contribution in [0.3, 0.4) is 0 Å². The molecule has 1 aromatic rings. The predicted molar refractivity (Wildman–Crippen MR) is 155 cm³/mol. The van der Waals surface area contributed by atoms with Gasteiger partial charge in [0.25, 0.3) is 5.91 Å². The van der Waals surface area contributed by atoms with Gasteiger partial charge in [0.15, 0.2) is 0 Å². The molecule has 1 spiro atoms. The zero-order valence-electron chi connectivity index (χ0n) is 24.6. The Balaban J connectivity index is 1.47. The monoisotopic (exact) mass is 600 g/mol. The van der Waals surface area contributed by atoms with E-state index in [0.29, 0.717) is 37.9 Å². The number of benzene rings is 1. The maximum absolute atomic E-state index is 13.2. The van der Waals surface area contributed by atoms with Gasteiger partial charge in [-0.2, -0.15) is 13.2 Å². The van der Waals surface area contributed by atoms with Crippen molar-refractivity contribution in [1.82, 2.24) is 9.62 Å². The third-order valence-electron chi connectivity index (χ3n) is 8.25. The van der Waals surface area contributed by atoms with Gasteiger partial charge in [0.2, 0.25) is 15.9 Å². The Bertz CT molecular complexity index is 1220. The van der Waals surface area contributed by atoms with Crippen LogP contribution in [0.4, 0.5) is 18.9 Å². The zero-order chi connectivity index (χ0) is 30.4. The van der Waals surface area contributed by atoms with Gasteiger partial charge in [0, 0.05) is 45.6 Å². The first-order valence-corrected chi connectivity index (χ1v) is 16.0. The Morgan fingerprint density at radius 3 is 2.15 bits per heavy atom. The van der Waals surface area contributed by atoms with Crippen LogP contribution in [-0.2, 0) is 26.0 Å². The number of alkyl halides is 3. The Labute approximate surface area is 241 Å². The molecule has 230 valence electrons. The van der Waals surface area contributed by atoms with Crippen molar-refractivity contribution in [3.8, 4) is 0 Å². The molecular formula is C29H43F3N4O4S. The van der Waals surface area contributed by atoms with E-state index < -0.39 is 28.2 Å². The van der Waals surface area contributed by atoms with Crippen LogP contribution in [0.5, 0.6) is 0 Å². The van der Waals surface area contributed by atoms with Crippen molar-refractivity contribution in [3.05, 3.63) is 28.8 Å². The number of aryl methyl sites for hydroxylation is 2. The predicted octanol–water partition coefficient (Wildman–Crippen LogP) is 5.20. The molecule has 0 saturated carbocycles. The quantitative estimate of drug-likeness (QED) is 0.315. The van der Waals surface area contributed by atoms with Gasteiger partial charge in [-0.1, -0.05) is 25.7 Å². The fourth-order valence-electron chi connectivity index (χ4n) is 5.60. The fraction of sp³-hybridized carbons (Fsp3) is 0.690. The molecular weight excluding hydrogens is 557 g/mol. The summed E-state index contributed by atoms with van der Waals surface area (Å²) in [5.74, 6) is 0.318. The van der Waals surface area contributed by atoms with Crippen molar-refractivity contribution in [1.29, 1.82) is 0 Å². The smallest absolute Gasteiger partial charge is 0.316 e. The minimum atomic E-state index is -4.09. The van der Waals surface area contributed by atoms with E-state index in [1.54, 1.807) is 11.9 Å². The molecule has 8 nitrogen and oxygen atoms in total. The second-order valence-corrected chi connectivity index (χ2v) is 13.5. The standard InChI is InChI=1S/C29H43F3N4O4S/c1-21-19-24(35(4)23(3)37)20-22(2)25(21)12-18-41(39,40)36-16-14-28(15-17-36)27(38)33-26(34-28)11-9-7-5-6-8-10-13-29(30,31)32/h19-20H,5-18H2,1-4H3,(H,33,34,38). The molecule has 2 amide bonds. The number of aliphatic imine (C=N–C) groups is 1. The van der Waals surface area contributed by atoms with E-state index in [0.717, 1.165) is 48.1 Å². The van der Waals surface area contributed by atoms with Crippen LogP contribution in [0.2, 0.25) is 0 Å². The minimum absolute atomic E-state index is 0.0412. The second kappa shape index (κ2) is 13.7. The van der Waals surface area contributed by atoms with E-state index in [-0.39, 0.29) is 37.1 Å². The molecule has 1 fully saturated rings. The third-order valence-corrected chi connectivity index (χ3v) is 10.1. The Morgan fingerprint density at radius 2 is 1.59 bits per heavy atom. The maximum Gasteiger partial charge on any atom is 0.389 e. The lowest BCUT2D eigenvalue weighted by Crippen LogP contribution is -2.50. The highest BCUT2D eigenvalue weighted by atomic mass is 32.2. The average Bonchev–Trinajstić information content (AvgIpc) is 3.18. The van der Waals surface area contributed by atoms with Crippen LogP contribution in [0.25, 0.3) is 0 Å². The normalized spacial score (nSPS) is 17.5. The van der Waals surface area contributed by atoms with Crippen LogP contribution in [0.15, 0.2) is 17.1 Å². The minimum Gasteiger partial charge on any atom is -0.316 e. The zero-order valence-corrected chi connectivity index (χ0v) is 25.4. The van der Waals surface area contributed by atoms with Gasteiger partial charge < -0.3 is 10.2 Å². The van der Waals surface area contributed by atoms with Crippen LogP contribution >= 0.6 is 0 Å². The van der Waals surface area contributed by atoms with Crippen molar-refractivity contribution >= 4 is 33.4 Å². The number of carbonyl (C=O) groups is 2. The molecule has 0 aromatic heterocycles. The summed E-state index contributed by atoms with van der Waals surface area (Å²) >= 11 is 0. The van der Waals surface area contributed by atoms with Crippen molar-refractivity contribution in [2.45, 2.75) is 103 Å². The summed E-state index contributed by atoms with van der Waals surface area (Å²) in [7, 11) is -1.84. The summed E-state index contributed by atoms with van der Waals surface area (Å²) in [6.45, 7) is 5.79. The molecule has 0 aliphatic carbocycles. The topological polar surface area (TPSA) is 99.2 Å². The molecule has 0 unspecified atom stereocenters. The SMILES string of the molecule is CC(=O)N(C)c1cc(C)c(CCS(=O)(=O)N2CCC3(CC2)N=C(CCCCCCCCC(F)(F)F)NC3=O)c(C)c1. The first-order chi connectivity index (χ1) is 19.1. The molecule has 1 saturated heterocycles. The molecule has 41 heavy (non-hydrogen) atoms. The molecule has 12 heteroatoms. The summed E-state index contributed by atoms with van der Waals surface area (Å²) in [6, 6.07) is 3.79. The Morgan fingerprint density at radius 1 is 1.02 bits per heavy atom. The van der Waals surface area contributed by atoms with E-state index in [2.05, 4.69) is 10.3 Å². The molecule has 0 atom stereocenters. The number of hydrogen-bond acceptors (Lipinski definition) is 5. The number of piperidine rings is 1. The van der Waals surface area contributed by atoms with E-state index in [1.807, 2.05) is 26.0 Å². The summed E-state index contributed by atoms with van der Waals surface area (Å²) in [5.41, 5.74) is 2.67. The number of halogens is 3. The summed E-state index contributed by atoms with van der Waals surface area (Å²) in [5, 5.41) is 2.87. The first kappa shape index (κ1) is 33.0. The van der Waals surface area contributed by atoms with Gasteiger partial charge >= 0.3 is 6.18 Å². The van der Waals surface area contributed by atoms with Gasteiger partial charge in [-0.25, -0.2) is 12.7 Å².